The molecule has 0 aromatic rings. The Hall–Kier alpha value is -0.0400. The molecule has 0 atom stereocenters. The summed E-state index contributed by atoms with van der Waals surface area (Å²) in [6.07, 6.45) is 4.48. The molecule has 0 N–H and O–H groups in total. The van der Waals surface area contributed by atoms with Gasteiger partial charge in [-0.05, 0) is 30.1 Å². The van der Waals surface area contributed by atoms with Gasteiger partial charge in [0.05, 0.1) is 0 Å². The van der Waals surface area contributed by atoms with Crippen molar-refractivity contribution in [2.24, 2.45) is 17.3 Å². The van der Waals surface area contributed by atoms with Crippen LogP contribution in [0.25, 0.3) is 0 Å². The van der Waals surface area contributed by atoms with Gasteiger partial charge in [-0.25, -0.2) is 0 Å². The molecule has 0 amide bonds. The summed E-state index contributed by atoms with van der Waals surface area (Å²) in [6.45, 7) is 11.2. The van der Waals surface area contributed by atoms with Crippen molar-refractivity contribution in [1.29, 1.82) is 0 Å². The maximum Gasteiger partial charge on any atom is 0.00272 e. The zero-order valence-corrected chi connectivity index (χ0v) is 9.34. The van der Waals surface area contributed by atoms with Crippen LogP contribution in [-0.2, 0) is 0 Å². The average molecular weight is 181 g/mol. The minimum Gasteiger partial charge on any atom is -0.302 e. The average Bonchev–Trinajstić information content (AvgIpc) is 1.76. The monoisotopic (exact) mass is 181 g/mol. The molecule has 0 aromatic heterocycles. The van der Waals surface area contributed by atoms with Crippen molar-refractivity contribution in [2.75, 3.05) is 19.6 Å². The van der Waals surface area contributed by atoms with E-state index in [-0.39, 0.29) is 0 Å². The van der Waals surface area contributed by atoms with Crippen LogP contribution in [0.5, 0.6) is 0 Å². The molecular weight excluding hydrogens is 158 g/mol. The highest BCUT2D eigenvalue weighted by Gasteiger charge is 2.36. The summed E-state index contributed by atoms with van der Waals surface area (Å²) in [5, 5.41) is 0. The first-order valence-corrected chi connectivity index (χ1v) is 5.78. The van der Waals surface area contributed by atoms with Crippen LogP contribution in [0.3, 0.4) is 0 Å². The molecule has 1 heterocycles. The zero-order valence-electron chi connectivity index (χ0n) is 9.34. The van der Waals surface area contributed by atoms with Crippen LogP contribution in [-0.4, -0.2) is 24.5 Å². The molecular formula is C12H23N. The molecule has 2 aliphatic rings. The van der Waals surface area contributed by atoms with Gasteiger partial charge < -0.3 is 4.90 Å². The van der Waals surface area contributed by atoms with Gasteiger partial charge in [0.1, 0.15) is 0 Å². The molecule has 0 unspecified atom stereocenters. The van der Waals surface area contributed by atoms with Gasteiger partial charge >= 0.3 is 0 Å². The molecule has 13 heavy (non-hydrogen) atoms. The van der Waals surface area contributed by atoms with Crippen molar-refractivity contribution < 1.29 is 0 Å². The first kappa shape index (κ1) is 9.51. The second-order valence-corrected chi connectivity index (χ2v) is 6.08. The topological polar surface area (TPSA) is 3.24 Å². The highest BCUT2D eigenvalue weighted by Crippen LogP contribution is 2.36. The normalized spacial score (nSPS) is 27.0. The quantitative estimate of drug-likeness (QED) is 0.633. The lowest BCUT2D eigenvalue weighted by Gasteiger charge is -2.48. The van der Waals surface area contributed by atoms with Gasteiger partial charge in [-0.2, -0.15) is 0 Å². The highest BCUT2D eigenvalue weighted by atomic mass is 15.2. The van der Waals surface area contributed by atoms with E-state index in [1.807, 2.05) is 0 Å². The Kier molecular flexibility index (Phi) is 2.39. The Balaban J connectivity index is 1.66. The first-order valence-electron chi connectivity index (χ1n) is 5.78. The zero-order chi connectivity index (χ0) is 9.47. The van der Waals surface area contributed by atoms with Crippen LogP contribution in [0.1, 0.15) is 40.0 Å². The van der Waals surface area contributed by atoms with Gasteiger partial charge in [-0.15, -0.1) is 0 Å². The van der Waals surface area contributed by atoms with Crippen LogP contribution in [0.15, 0.2) is 0 Å². The van der Waals surface area contributed by atoms with Crippen molar-refractivity contribution in [2.45, 2.75) is 40.0 Å². The van der Waals surface area contributed by atoms with Crippen LogP contribution in [0.2, 0.25) is 0 Å². The third kappa shape index (κ3) is 2.07. The second kappa shape index (κ2) is 3.27. The number of hydrogen-bond acceptors (Lipinski definition) is 1. The van der Waals surface area contributed by atoms with Gasteiger partial charge in [-0.3, -0.25) is 0 Å². The fraction of sp³-hybridized carbons (Fsp3) is 1.00. The molecule has 0 radical (unpaired) electrons. The van der Waals surface area contributed by atoms with Crippen molar-refractivity contribution in [3.05, 3.63) is 0 Å². The first-order chi connectivity index (χ1) is 6.05. The fourth-order valence-electron chi connectivity index (χ4n) is 2.31. The molecule has 0 spiro atoms. The molecule has 2 fully saturated rings. The van der Waals surface area contributed by atoms with E-state index in [1.165, 1.54) is 38.9 Å². The van der Waals surface area contributed by atoms with Gasteiger partial charge in [-0.1, -0.05) is 27.2 Å². The number of likely N-dealkylation sites (tertiary alicyclic amines) is 1. The van der Waals surface area contributed by atoms with Crippen molar-refractivity contribution in [3.8, 4) is 0 Å². The minimum absolute atomic E-state index is 0.538. The maximum absolute atomic E-state index is 2.65. The second-order valence-electron chi connectivity index (χ2n) is 6.08. The van der Waals surface area contributed by atoms with E-state index < -0.39 is 0 Å². The summed E-state index contributed by atoms with van der Waals surface area (Å²) in [7, 11) is 0. The Labute approximate surface area is 82.5 Å². The lowest BCUT2D eigenvalue weighted by Crippen LogP contribution is -2.53. The summed E-state index contributed by atoms with van der Waals surface area (Å²) in [6, 6.07) is 0. The predicted molar refractivity (Wildman–Crippen MR) is 56.7 cm³/mol. The smallest absolute Gasteiger partial charge is 0.00272 e. The Morgan fingerprint density at radius 3 is 2.15 bits per heavy atom. The molecule has 1 heteroatoms. The Bertz CT molecular complexity index is 170. The summed E-state index contributed by atoms with van der Waals surface area (Å²) in [5.41, 5.74) is 0.538. The predicted octanol–water partition coefficient (Wildman–Crippen LogP) is 2.76. The summed E-state index contributed by atoms with van der Waals surface area (Å²) in [4.78, 5) is 2.65. The summed E-state index contributed by atoms with van der Waals surface area (Å²) < 4.78 is 0. The summed E-state index contributed by atoms with van der Waals surface area (Å²) in [5.74, 6) is 2.01. The van der Waals surface area contributed by atoms with Crippen LogP contribution in [0.4, 0.5) is 0 Å². The summed E-state index contributed by atoms with van der Waals surface area (Å²) >= 11 is 0. The fourth-order valence-corrected chi connectivity index (χ4v) is 2.31. The lowest BCUT2D eigenvalue weighted by molar-refractivity contribution is 0.00492. The number of rotatable bonds is 2. The number of hydrogen-bond donors (Lipinski definition) is 0. The standard InChI is InChI=1S/C12H23N/c1-12(2,3)11-8-13(9-11)7-10-5-4-6-10/h10-11H,4-9H2,1-3H3. The van der Waals surface area contributed by atoms with E-state index in [2.05, 4.69) is 25.7 Å². The van der Waals surface area contributed by atoms with E-state index in [4.69, 9.17) is 0 Å². The molecule has 1 saturated carbocycles. The SMILES string of the molecule is CC(C)(C)C1CN(CC2CCC2)C1. The molecule has 2 rings (SSSR count). The van der Waals surface area contributed by atoms with E-state index in [0.29, 0.717) is 5.41 Å². The minimum atomic E-state index is 0.538. The van der Waals surface area contributed by atoms with E-state index in [0.717, 1.165) is 11.8 Å². The Morgan fingerprint density at radius 2 is 1.77 bits per heavy atom. The third-order valence-corrected chi connectivity index (χ3v) is 3.92. The van der Waals surface area contributed by atoms with Crippen molar-refractivity contribution >= 4 is 0 Å². The van der Waals surface area contributed by atoms with Gasteiger partial charge in [0.25, 0.3) is 0 Å². The van der Waals surface area contributed by atoms with Crippen molar-refractivity contribution in [1.82, 2.24) is 4.90 Å². The molecule has 1 saturated heterocycles. The van der Waals surface area contributed by atoms with Crippen molar-refractivity contribution in [3.63, 3.8) is 0 Å². The lowest BCUT2D eigenvalue weighted by atomic mass is 9.75. The largest absolute Gasteiger partial charge is 0.302 e. The Morgan fingerprint density at radius 1 is 1.15 bits per heavy atom. The van der Waals surface area contributed by atoms with E-state index in [1.54, 1.807) is 0 Å². The van der Waals surface area contributed by atoms with Gasteiger partial charge in [0.15, 0.2) is 0 Å². The van der Waals surface area contributed by atoms with E-state index in [9.17, 15) is 0 Å². The molecule has 0 aromatic carbocycles. The van der Waals surface area contributed by atoms with Crippen LogP contribution < -0.4 is 0 Å². The molecule has 1 nitrogen and oxygen atoms in total. The molecule has 0 bridgehead atoms. The van der Waals surface area contributed by atoms with Crippen LogP contribution >= 0.6 is 0 Å². The van der Waals surface area contributed by atoms with Gasteiger partial charge in [0.2, 0.25) is 0 Å². The highest BCUT2D eigenvalue weighted by molar-refractivity contribution is 4.89. The van der Waals surface area contributed by atoms with E-state index >= 15 is 0 Å². The molecule has 1 aliphatic carbocycles. The van der Waals surface area contributed by atoms with Gasteiger partial charge in [0, 0.05) is 19.6 Å². The molecule has 76 valence electrons. The third-order valence-electron chi connectivity index (χ3n) is 3.92. The van der Waals surface area contributed by atoms with Crippen LogP contribution in [0, 0.1) is 17.3 Å². The number of nitrogens with zero attached hydrogens (tertiary/aromatic N) is 1. The maximum atomic E-state index is 2.65. The molecule has 1 aliphatic heterocycles.